The monoisotopic (exact) mass is 457 g/mol. The molecule has 0 N–H and O–H groups in total. The number of pyridine rings is 1. The molecule has 0 bridgehead atoms. The third-order valence-corrected chi connectivity index (χ3v) is 7.84. The predicted molar refractivity (Wildman–Crippen MR) is 125 cm³/mol. The topological polar surface area (TPSA) is 89.9 Å². The lowest BCUT2D eigenvalue weighted by molar-refractivity contribution is -0.119. The van der Waals surface area contributed by atoms with Crippen molar-refractivity contribution in [3.05, 3.63) is 95.8 Å². The summed E-state index contributed by atoms with van der Waals surface area (Å²) in [5.74, 6) is 0.398. The average Bonchev–Trinajstić information content (AvgIpc) is 3.61. The molecule has 0 radical (unpaired) electrons. The number of rotatable bonds is 7. The minimum absolute atomic E-state index is 0.0144. The quantitative estimate of drug-likeness (QED) is 0.413. The highest BCUT2D eigenvalue weighted by Gasteiger charge is 2.43. The van der Waals surface area contributed by atoms with E-state index in [9.17, 15) is 13.2 Å². The van der Waals surface area contributed by atoms with E-state index >= 15 is 0 Å². The summed E-state index contributed by atoms with van der Waals surface area (Å²) in [7, 11) is -3.52. The molecule has 1 aliphatic carbocycles. The fraction of sp³-hybridized carbons (Fsp3) is 0.231. The molecule has 2 heterocycles. The number of aryl methyl sites for hydroxylation is 1. The van der Waals surface area contributed by atoms with Crippen LogP contribution in [0.5, 0.6) is 0 Å². The summed E-state index contributed by atoms with van der Waals surface area (Å²) in [6.07, 6.45) is 7.94. The largest absolute Gasteiger partial charge is 0.299 e. The van der Waals surface area contributed by atoms with Crippen LogP contribution in [0.15, 0.2) is 78.2 Å². The van der Waals surface area contributed by atoms with Crippen LogP contribution in [0.1, 0.15) is 34.9 Å². The Labute approximate surface area is 192 Å². The fourth-order valence-electron chi connectivity index (χ4n) is 4.30. The first kappa shape index (κ1) is 21.4. The molecule has 5 rings (SSSR count). The number of carbonyl (C=O) groups excluding carboxylic acids is 1. The fourth-order valence-corrected chi connectivity index (χ4v) is 5.50. The van der Waals surface area contributed by atoms with Crippen LogP contribution in [0.25, 0.3) is 10.8 Å². The molecule has 7 heteroatoms. The molecule has 0 saturated heterocycles. The van der Waals surface area contributed by atoms with Gasteiger partial charge in [0.2, 0.25) is 0 Å². The molecule has 4 aromatic rings. The van der Waals surface area contributed by atoms with Crippen molar-refractivity contribution in [2.24, 2.45) is 5.92 Å². The van der Waals surface area contributed by atoms with Crippen molar-refractivity contribution < 1.29 is 13.2 Å². The van der Waals surface area contributed by atoms with Crippen molar-refractivity contribution in [3.63, 3.8) is 0 Å². The smallest absolute Gasteiger partial charge is 0.185 e. The van der Waals surface area contributed by atoms with Crippen molar-refractivity contribution in [3.8, 4) is 0 Å². The Bertz CT molecular complexity index is 1440. The molecule has 0 spiro atoms. The van der Waals surface area contributed by atoms with Crippen LogP contribution in [0, 0.1) is 12.8 Å². The van der Waals surface area contributed by atoms with E-state index in [1.807, 2.05) is 43.6 Å². The van der Waals surface area contributed by atoms with E-state index in [4.69, 9.17) is 0 Å². The van der Waals surface area contributed by atoms with Crippen molar-refractivity contribution in [2.75, 3.05) is 0 Å². The number of nitrogens with zero attached hydrogens (tertiary/aromatic N) is 3. The maximum Gasteiger partial charge on any atom is 0.185 e. The van der Waals surface area contributed by atoms with Gasteiger partial charge in [-0.15, -0.1) is 0 Å². The van der Waals surface area contributed by atoms with Crippen molar-refractivity contribution in [1.82, 2.24) is 15.0 Å². The van der Waals surface area contributed by atoms with Crippen LogP contribution < -0.4 is 0 Å². The van der Waals surface area contributed by atoms with Crippen molar-refractivity contribution >= 4 is 26.4 Å². The Morgan fingerprint density at radius 3 is 2.55 bits per heavy atom. The van der Waals surface area contributed by atoms with E-state index in [0.29, 0.717) is 6.42 Å². The second-order valence-corrected chi connectivity index (χ2v) is 10.6. The number of carbonyl (C=O) groups is 1. The van der Waals surface area contributed by atoms with Crippen molar-refractivity contribution in [1.29, 1.82) is 0 Å². The first-order valence-corrected chi connectivity index (χ1v) is 12.5. The standard InChI is InChI=1S/C26H23N3O3S/c1-17-14-27-15-20-4-3-18(11-22(17)20)12-25(30)24-13-23(24)19-5-7-21(8-6-19)33(31,32)16-26-28-9-2-10-29-26/h2-11,14-15,23-24H,12-13,16H2,1H3/t23?,24-/m1/s1. The highest BCUT2D eigenvalue weighted by molar-refractivity contribution is 7.90. The molecule has 1 saturated carbocycles. The van der Waals surface area contributed by atoms with Gasteiger partial charge in [-0.1, -0.05) is 30.3 Å². The van der Waals surface area contributed by atoms with Crippen LogP contribution in [0.3, 0.4) is 0 Å². The van der Waals surface area contributed by atoms with Gasteiger partial charge in [-0.05, 0) is 59.5 Å². The number of fused-ring (bicyclic) bond motifs is 1. The predicted octanol–water partition coefficient (Wildman–Crippen LogP) is 4.22. The third-order valence-electron chi connectivity index (χ3n) is 6.21. The summed E-state index contributed by atoms with van der Waals surface area (Å²) in [5.41, 5.74) is 3.11. The molecular weight excluding hydrogens is 434 g/mol. The zero-order valence-corrected chi connectivity index (χ0v) is 19.0. The maximum atomic E-state index is 12.9. The number of Topliss-reactive ketones (excluding diaryl/α,β-unsaturated/α-hetero) is 1. The van der Waals surface area contributed by atoms with Gasteiger partial charge in [-0.2, -0.15) is 0 Å². The summed E-state index contributed by atoms with van der Waals surface area (Å²) >= 11 is 0. The van der Waals surface area contributed by atoms with E-state index in [2.05, 4.69) is 21.0 Å². The molecule has 1 fully saturated rings. The summed E-state index contributed by atoms with van der Waals surface area (Å²) in [6, 6.07) is 14.6. The minimum Gasteiger partial charge on any atom is -0.299 e. The normalized spacial score (nSPS) is 17.7. The molecule has 1 unspecified atom stereocenters. The Morgan fingerprint density at radius 2 is 1.79 bits per heavy atom. The van der Waals surface area contributed by atoms with E-state index in [1.165, 1.54) is 12.4 Å². The zero-order valence-electron chi connectivity index (χ0n) is 18.2. The summed E-state index contributed by atoms with van der Waals surface area (Å²) in [5, 5.41) is 2.20. The van der Waals surface area contributed by atoms with Gasteiger partial charge < -0.3 is 0 Å². The Hall–Kier alpha value is -3.45. The molecule has 1 aliphatic rings. The molecule has 0 aliphatic heterocycles. The average molecular weight is 458 g/mol. The number of aromatic nitrogens is 3. The van der Waals surface area contributed by atoms with Crippen LogP contribution >= 0.6 is 0 Å². The van der Waals surface area contributed by atoms with Crippen LogP contribution in [-0.4, -0.2) is 29.2 Å². The summed E-state index contributed by atoms with van der Waals surface area (Å²) < 4.78 is 25.3. The molecule has 2 atom stereocenters. The first-order valence-electron chi connectivity index (χ1n) is 10.9. The van der Waals surface area contributed by atoms with E-state index in [0.717, 1.165) is 33.9 Å². The van der Waals surface area contributed by atoms with E-state index < -0.39 is 9.84 Å². The number of hydrogen-bond acceptors (Lipinski definition) is 6. The number of hydrogen-bond donors (Lipinski definition) is 0. The Kier molecular flexibility index (Phi) is 5.50. The molecule has 2 aromatic heterocycles. The summed E-state index contributed by atoms with van der Waals surface area (Å²) in [4.78, 5) is 25.3. The second kappa shape index (κ2) is 8.48. The first-order chi connectivity index (χ1) is 15.9. The van der Waals surface area contributed by atoms with Gasteiger partial charge in [0.1, 0.15) is 17.4 Å². The van der Waals surface area contributed by atoms with Crippen LogP contribution in [0.4, 0.5) is 0 Å². The Balaban J connectivity index is 1.25. The SMILES string of the molecule is Cc1cncc2ccc(CC(=O)[C@@H]3CC3c3ccc(S(=O)(=O)Cc4ncccn4)cc3)cc12. The maximum absolute atomic E-state index is 12.9. The van der Waals surface area contributed by atoms with Gasteiger partial charge in [-0.25, -0.2) is 18.4 Å². The molecule has 0 amide bonds. The van der Waals surface area contributed by atoms with Gasteiger partial charge in [0.15, 0.2) is 9.84 Å². The lowest BCUT2D eigenvalue weighted by Gasteiger charge is -2.07. The van der Waals surface area contributed by atoms with Gasteiger partial charge >= 0.3 is 0 Å². The van der Waals surface area contributed by atoms with Gasteiger partial charge in [0.05, 0.1) is 4.90 Å². The van der Waals surface area contributed by atoms with Crippen LogP contribution in [-0.2, 0) is 26.8 Å². The number of benzene rings is 2. The molecule has 166 valence electrons. The number of sulfone groups is 1. The molecule has 2 aromatic carbocycles. The lowest BCUT2D eigenvalue weighted by Crippen LogP contribution is -2.08. The van der Waals surface area contributed by atoms with E-state index in [1.54, 1.807) is 18.2 Å². The minimum atomic E-state index is -3.52. The summed E-state index contributed by atoms with van der Waals surface area (Å²) in [6.45, 7) is 2.02. The highest BCUT2D eigenvalue weighted by Crippen LogP contribution is 2.48. The molecule has 6 nitrogen and oxygen atoms in total. The highest BCUT2D eigenvalue weighted by atomic mass is 32.2. The van der Waals surface area contributed by atoms with Gasteiger partial charge in [0.25, 0.3) is 0 Å². The third kappa shape index (κ3) is 4.54. The number of ketones is 1. The van der Waals surface area contributed by atoms with Crippen molar-refractivity contribution in [2.45, 2.75) is 36.3 Å². The van der Waals surface area contributed by atoms with Gasteiger partial charge in [-0.3, -0.25) is 9.78 Å². The van der Waals surface area contributed by atoms with Crippen LogP contribution in [0.2, 0.25) is 0 Å². The van der Waals surface area contributed by atoms with E-state index in [-0.39, 0.29) is 34.1 Å². The molecular formula is C26H23N3O3S. The lowest BCUT2D eigenvalue weighted by atomic mass is 9.99. The Morgan fingerprint density at radius 1 is 1.03 bits per heavy atom. The second-order valence-electron chi connectivity index (χ2n) is 8.60. The zero-order chi connectivity index (χ0) is 23.0. The molecule has 33 heavy (non-hydrogen) atoms. The van der Waals surface area contributed by atoms with Gasteiger partial charge in [0, 0.05) is 42.5 Å².